The summed E-state index contributed by atoms with van der Waals surface area (Å²) < 4.78 is 27.1. The average molecular weight is 412 g/mol. The van der Waals surface area contributed by atoms with Crippen molar-refractivity contribution in [1.82, 2.24) is 4.31 Å². The summed E-state index contributed by atoms with van der Waals surface area (Å²) in [7, 11) is -3.60. The van der Waals surface area contributed by atoms with E-state index in [4.69, 9.17) is 5.73 Å². The number of rotatable bonds is 8. The van der Waals surface area contributed by atoms with Crippen LogP contribution in [0.2, 0.25) is 0 Å². The van der Waals surface area contributed by atoms with Gasteiger partial charge in [-0.1, -0.05) is 19.9 Å². The molecule has 0 bridgehead atoms. The minimum absolute atomic E-state index is 0.100. The second-order valence-electron chi connectivity index (χ2n) is 7.22. The van der Waals surface area contributed by atoms with Gasteiger partial charge in [-0.2, -0.15) is 4.31 Å². The van der Waals surface area contributed by atoms with Crippen LogP contribution in [0.4, 0.5) is 5.69 Å². The molecule has 4 N–H and O–H groups in total. The first-order valence-corrected chi connectivity index (χ1v) is 11.2. The number of nitrogens with zero attached hydrogens (tertiary/aromatic N) is 1. The maximum Gasteiger partial charge on any atom is 0.279 e. The average Bonchev–Trinajstić information content (AvgIpc) is 2.64. The highest BCUT2D eigenvalue weighted by Crippen LogP contribution is 2.23. The van der Waals surface area contributed by atoms with Crippen LogP contribution < -0.4 is 16.0 Å². The molecule has 156 valence electrons. The summed E-state index contributed by atoms with van der Waals surface area (Å²) >= 11 is 0. The van der Waals surface area contributed by atoms with E-state index in [1.165, 1.54) is 10.4 Å². The highest BCUT2D eigenvalue weighted by atomic mass is 32.2. The third-order valence-corrected chi connectivity index (χ3v) is 7.49. The Bertz CT molecular complexity index is 813. The second-order valence-corrected chi connectivity index (χ2v) is 9.13. The molecule has 0 radical (unpaired) electrons. The van der Waals surface area contributed by atoms with Gasteiger partial charge in [0.2, 0.25) is 15.9 Å². The smallest absolute Gasteiger partial charge is 0.279 e. The second kappa shape index (κ2) is 9.49. The Morgan fingerprint density at radius 1 is 1.21 bits per heavy atom. The summed E-state index contributed by atoms with van der Waals surface area (Å²) in [6.45, 7) is 7.83. The van der Waals surface area contributed by atoms with E-state index in [-0.39, 0.29) is 29.2 Å². The van der Waals surface area contributed by atoms with Gasteiger partial charge < -0.3 is 16.0 Å². The summed E-state index contributed by atoms with van der Waals surface area (Å²) in [6.07, 6.45) is 1.38. The number of nitrogens with two attached hydrogens (primary N) is 1. The largest absolute Gasteiger partial charge is 0.369 e. The van der Waals surface area contributed by atoms with E-state index in [1.807, 2.05) is 0 Å². The Kier molecular flexibility index (Phi) is 7.56. The first kappa shape index (κ1) is 22.3. The molecule has 0 aliphatic carbocycles. The zero-order valence-electron chi connectivity index (χ0n) is 16.8. The highest BCUT2D eigenvalue weighted by Gasteiger charge is 2.27. The van der Waals surface area contributed by atoms with Crippen LogP contribution in [0.5, 0.6) is 0 Å². The van der Waals surface area contributed by atoms with Crippen molar-refractivity contribution in [3.05, 3.63) is 23.8 Å². The van der Waals surface area contributed by atoms with Crippen molar-refractivity contribution in [2.24, 2.45) is 11.7 Å². The van der Waals surface area contributed by atoms with Crippen LogP contribution in [-0.4, -0.2) is 57.3 Å². The van der Waals surface area contributed by atoms with Gasteiger partial charge in [0.25, 0.3) is 5.91 Å². The zero-order chi connectivity index (χ0) is 20.9. The topological polar surface area (TPSA) is 114 Å². The Labute approximate surface area is 167 Å². The van der Waals surface area contributed by atoms with Gasteiger partial charge in [0.1, 0.15) is 0 Å². The van der Waals surface area contributed by atoms with Crippen LogP contribution in [0, 0.1) is 12.8 Å². The molecule has 28 heavy (non-hydrogen) atoms. The zero-order valence-corrected chi connectivity index (χ0v) is 17.6. The van der Waals surface area contributed by atoms with Gasteiger partial charge in [-0.15, -0.1) is 0 Å². The fourth-order valence-corrected chi connectivity index (χ4v) is 5.29. The van der Waals surface area contributed by atoms with Crippen LogP contribution in [-0.2, 0) is 19.6 Å². The van der Waals surface area contributed by atoms with Crippen molar-refractivity contribution in [3.8, 4) is 0 Å². The molecule has 2 amide bonds. The summed E-state index contributed by atoms with van der Waals surface area (Å²) in [4.78, 5) is 24.9. The Balaban J connectivity index is 2.05. The summed E-state index contributed by atoms with van der Waals surface area (Å²) in [5.74, 6) is -0.551. The Hall–Kier alpha value is -1.97. The predicted molar refractivity (Wildman–Crippen MR) is 107 cm³/mol. The number of carbonyl (C=O) groups is 2. The number of aryl methyl sites for hydroxylation is 1. The van der Waals surface area contributed by atoms with Crippen LogP contribution in [0.1, 0.15) is 32.3 Å². The maximum absolute atomic E-state index is 12.8. The minimum atomic E-state index is -3.60. The molecule has 1 aliphatic rings. The number of nitrogens with one attached hydrogen (secondary N) is 2. The molecule has 0 atom stereocenters. The summed E-state index contributed by atoms with van der Waals surface area (Å²) in [6, 6.07) is 4.94. The van der Waals surface area contributed by atoms with E-state index in [0.717, 1.165) is 18.0 Å². The molecule has 0 aromatic heterocycles. The van der Waals surface area contributed by atoms with Crippen molar-refractivity contribution in [2.45, 2.75) is 38.5 Å². The van der Waals surface area contributed by atoms with Crippen molar-refractivity contribution in [1.29, 1.82) is 0 Å². The number of sulfonamides is 1. The summed E-state index contributed by atoms with van der Waals surface area (Å²) in [5, 5.41) is 2.80. The highest BCUT2D eigenvalue weighted by molar-refractivity contribution is 7.89. The van der Waals surface area contributed by atoms with Gasteiger partial charge in [0.15, 0.2) is 6.54 Å². The number of amides is 2. The van der Waals surface area contributed by atoms with E-state index in [9.17, 15) is 18.0 Å². The molecule has 0 saturated carbocycles. The van der Waals surface area contributed by atoms with Gasteiger partial charge in [0, 0.05) is 37.5 Å². The molecule has 1 fully saturated rings. The van der Waals surface area contributed by atoms with Crippen molar-refractivity contribution >= 4 is 27.5 Å². The number of quaternary nitrogens is 1. The quantitative estimate of drug-likeness (QED) is 0.547. The SMILES string of the molecule is CCN(CC)S(=O)(=O)c1cc(NC(=O)C[NH+]2CCC(C(N)=O)CC2)ccc1C. The molecule has 8 nitrogen and oxygen atoms in total. The molecule has 2 rings (SSSR count). The Morgan fingerprint density at radius 2 is 1.82 bits per heavy atom. The lowest BCUT2D eigenvalue weighted by molar-refractivity contribution is -0.897. The minimum Gasteiger partial charge on any atom is -0.369 e. The molecule has 1 aromatic carbocycles. The first-order chi connectivity index (χ1) is 13.2. The van der Waals surface area contributed by atoms with Gasteiger partial charge >= 0.3 is 0 Å². The molecule has 9 heteroatoms. The number of likely N-dealkylation sites (tertiary alicyclic amines) is 1. The normalized spacial score (nSPS) is 20.1. The van der Waals surface area contributed by atoms with Gasteiger partial charge in [0.05, 0.1) is 18.0 Å². The Morgan fingerprint density at radius 3 is 2.36 bits per heavy atom. The van der Waals surface area contributed by atoms with E-state index in [1.54, 1.807) is 32.9 Å². The van der Waals surface area contributed by atoms with Crippen LogP contribution in [0.3, 0.4) is 0 Å². The third kappa shape index (κ3) is 5.30. The number of carbonyl (C=O) groups excluding carboxylic acids is 2. The lowest BCUT2D eigenvalue weighted by Gasteiger charge is -2.27. The lowest BCUT2D eigenvalue weighted by atomic mass is 9.96. The number of primary amides is 1. The fraction of sp³-hybridized carbons (Fsp3) is 0.579. The number of hydrogen-bond acceptors (Lipinski definition) is 4. The van der Waals surface area contributed by atoms with Crippen molar-refractivity contribution in [2.75, 3.05) is 38.0 Å². The molecule has 1 aliphatic heterocycles. The molecule has 1 heterocycles. The van der Waals surface area contributed by atoms with Crippen molar-refractivity contribution in [3.63, 3.8) is 0 Å². The van der Waals surface area contributed by atoms with E-state index in [2.05, 4.69) is 5.32 Å². The molecular formula is C19H31N4O4S+. The van der Waals surface area contributed by atoms with Crippen molar-refractivity contribution < 1.29 is 22.9 Å². The molecule has 0 unspecified atom stereocenters. The molecule has 1 aromatic rings. The monoisotopic (exact) mass is 411 g/mol. The number of benzene rings is 1. The maximum atomic E-state index is 12.8. The number of hydrogen-bond donors (Lipinski definition) is 3. The molecule has 0 spiro atoms. The van der Waals surface area contributed by atoms with E-state index in [0.29, 0.717) is 37.2 Å². The summed E-state index contributed by atoms with van der Waals surface area (Å²) in [5.41, 5.74) is 6.45. The fourth-order valence-electron chi connectivity index (χ4n) is 3.58. The van der Waals surface area contributed by atoms with Gasteiger partial charge in [-0.05, 0) is 24.6 Å². The standard InChI is InChI=1S/C19H30N4O4S/c1-4-23(5-2)28(26,27)17-12-16(7-6-14(17)3)21-18(24)13-22-10-8-15(9-11-22)19(20)25/h6-7,12,15H,4-5,8-11,13H2,1-3H3,(H2,20,25)(H,21,24)/p+1. The van der Waals surface area contributed by atoms with Gasteiger partial charge in [-0.25, -0.2) is 8.42 Å². The van der Waals surface area contributed by atoms with Crippen LogP contribution in [0.15, 0.2) is 23.1 Å². The third-order valence-electron chi connectivity index (χ3n) is 5.30. The van der Waals surface area contributed by atoms with Crippen LogP contribution in [0.25, 0.3) is 0 Å². The lowest BCUT2D eigenvalue weighted by Crippen LogP contribution is -3.14. The molecular weight excluding hydrogens is 380 g/mol. The predicted octanol–water partition coefficient (Wildman–Crippen LogP) is -0.256. The first-order valence-electron chi connectivity index (χ1n) is 9.72. The number of anilines is 1. The van der Waals surface area contributed by atoms with Gasteiger partial charge in [-0.3, -0.25) is 9.59 Å². The van der Waals surface area contributed by atoms with E-state index >= 15 is 0 Å². The molecule has 1 saturated heterocycles. The van der Waals surface area contributed by atoms with Crippen LogP contribution >= 0.6 is 0 Å². The number of piperidine rings is 1. The van der Waals surface area contributed by atoms with E-state index < -0.39 is 10.0 Å².